The molecule has 1 atom stereocenters. The van der Waals surface area contributed by atoms with Crippen LogP contribution in [0.5, 0.6) is 0 Å². The number of nitrogens with zero attached hydrogens (tertiary/aromatic N) is 2. The van der Waals surface area contributed by atoms with E-state index in [9.17, 15) is 0 Å². The molecule has 1 unspecified atom stereocenters. The Kier molecular flexibility index (Phi) is 7.25. The van der Waals surface area contributed by atoms with Crippen LogP contribution < -0.4 is 16.6 Å². The van der Waals surface area contributed by atoms with E-state index in [1.54, 1.807) is 7.11 Å². The summed E-state index contributed by atoms with van der Waals surface area (Å²) in [7, 11) is 1.71. The lowest BCUT2D eigenvalue weighted by Gasteiger charge is -2.20. The Balaban J connectivity index is 2.98. The first-order valence-electron chi connectivity index (χ1n) is 7.25. The molecule has 1 heterocycles. The van der Waals surface area contributed by atoms with Gasteiger partial charge in [0.25, 0.3) is 0 Å². The number of hydrogen-bond donors (Lipinski definition) is 3. The van der Waals surface area contributed by atoms with E-state index in [2.05, 4.69) is 34.6 Å². The third-order valence-electron chi connectivity index (χ3n) is 3.15. The van der Waals surface area contributed by atoms with Gasteiger partial charge in [0.1, 0.15) is 17.5 Å². The fourth-order valence-corrected chi connectivity index (χ4v) is 2.12. The Hall–Kier alpha value is -1.40. The van der Waals surface area contributed by atoms with E-state index in [1.165, 1.54) is 0 Å². The molecule has 0 spiro atoms. The Labute approximate surface area is 121 Å². The maximum absolute atomic E-state index is 5.54. The third kappa shape index (κ3) is 4.61. The van der Waals surface area contributed by atoms with Crippen LogP contribution in [0.15, 0.2) is 0 Å². The number of hydrazine groups is 1. The van der Waals surface area contributed by atoms with Crippen molar-refractivity contribution in [1.29, 1.82) is 0 Å². The highest BCUT2D eigenvalue weighted by Crippen LogP contribution is 2.21. The molecule has 0 aromatic carbocycles. The van der Waals surface area contributed by atoms with Crippen molar-refractivity contribution in [2.24, 2.45) is 5.84 Å². The molecule has 0 fully saturated rings. The number of rotatable bonds is 9. The minimum Gasteiger partial charge on any atom is -0.383 e. The van der Waals surface area contributed by atoms with Gasteiger partial charge in [0.2, 0.25) is 0 Å². The largest absolute Gasteiger partial charge is 0.383 e. The summed E-state index contributed by atoms with van der Waals surface area (Å²) >= 11 is 0. The van der Waals surface area contributed by atoms with Gasteiger partial charge in [-0.15, -0.1) is 0 Å². The molecule has 0 aliphatic rings. The highest BCUT2D eigenvalue weighted by molar-refractivity contribution is 5.57. The van der Waals surface area contributed by atoms with Crippen LogP contribution in [0.4, 0.5) is 11.6 Å². The van der Waals surface area contributed by atoms with Gasteiger partial charge in [-0.3, -0.25) is 0 Å². The highest BCUT2D eigenvalue weighted by atomic mass is 16.5. The lowest BCUT2D eigenvalue weighted by Crippen LogP contribution is -2.26. The molecular weight excluding hydrogens is 254 g/mol. The monoisotopic (exact) mass is 281 g/mol. The summed E-state index contributed by atoms with van der Waals surface area (Å²) in [4.78, 5) is 9.02. The number of methoxy groups -OCH3 is 1. The Morgan fingerprint density at radius 1 is 1.20 bits per heavy atom. The molecule has 6 heteroatoms. The molecule has 1 aromatic rings. The second-order valence-corrected chi connectivity index (χ2v) is 4.94. The van der Waals surface area contributed by atoms with Crippen LogP contribution in [0.25, 0.3) is 0 Å². The molecule has 1 rings (SSSR count). The summed E-state index contributed by atoms with van der Waals surface area (Å²) in [6.45, 7) is 6.89. The average molecular weight is 281 g/mol. The van der Waals surface area contributed by atoms with Crippen molar-refractivity contribution in [3.8, 4) is 0 Å². The van der Waals surface area contributed by atoms with Crippen molar-refractivity contribution in [3.05, 3.63) is 11.4 Å². The summed E-state index contributed by atoms with van der Waals surface area (Å²) in [5.41, 5.74) is 3.58. The fraction of sp³-hybridized carbons (Fsp3) is 0.714. The lowest BCUT2D eigenvalue weighted by atomic mass is 10.1. The smallest absolute Gasteiger partial charge is 0.148 e. The van der Waals surface area contributed by atoms with E-state index in [0.717, 1.165) is 42.9 Å². The van der Waals surface area contributed by atoms with E-state index in [0.29, 0.717) is 12.4 Å². The van der Waals surface area contributed by atoms with Crippen LogP contribution in [0.1, 0.15) is 44.5 Å². The zero-order valence-corrected chi connectivity index (χ0v) is 13.0. The van der Waals surface area contributed by atoms with Crippen LogP contribution in [-0.4, -0.2) is 29.7 Å². The normalized spacial score (nSPS) is 12.2. The van der Waals surface area contributed by atoms with Gasteiger partial charge < -0.3 is 15.5 Å². The molecule has 0 saturated heterocycles. The first-order chi connectivity index (χ1) is 9.65. The lowest BCUT2D eigenvalue weighted by molar-refractivity contribution is 0.182. The van der Waals surface area contributed by atoms with E-state index >= 15 is 0 Å². The van der Waals surface area contributed by atoms with Crippen molar-refractivity contribution in [3.63, 3.8) is 0 Å². The van der Waals surface area contributed by atoms with Gasteiger partial charge in [0, 0.05) is 19.1 Å². The van der Waals surface area contributed by atoms with Gasteiger partial charge in [-0.2, -0.15) is 0 Å². The zero-order valence-electron chi connectivity index (χ0n) is 13.0. The topological polar surface area (TPSA) is 85.1 Å². The van der Waals surface area contributed by atoms with Crippen LogP contribution in [-0.2, 0) is 11.2 Å². The fourth-order valence-electron chi connectivity index (χ4n) is 2.12. The summed E-state index contributed by atoms with van der Waals surface area (Å²) < 4.78 is 5.26. The average Bonchev–Trinajstić information content (AvgIpc) is 2.43. The summed E-state index contributed by atoms with van der Waals surface area (Å²) in [5.74, 6) is 7.87. The number of ether oxygens (including phenoxy) is 1. The van der Waals surface area contributed by atoms with Crippen LogP contribution in [0, 0.1) is 6.92 Å². The number of aryl methyl sites for hydroxylation is 1. The highest BCUT2D eigenvalue weighted by Gasteiger charge is 2.14. The number of anilines is 2. The van der Waals surface area contributed by atoms with Crippen molar-refractivity contribution in [2.45, 2.75) is 52.5 Å². The third-order valence-corrected chi connectivity index (χ3v) is 3.15. The summed E-state index contributed by atoms with van der Waals surface area (Å²) in [5, 5.41) is 3.45. The Morgan fingerprint density at radius 3 is 2.45 bits per heavy atom. The molecule has 0 bridgehead atoms. The minimum absolute atomic E-state index is 0.249. The van der Waals surface area contributed by atoms with E-state index in [-0.39, 0.29) is 6.04 Å². The van der Waals surface area contributed by atoms with Crippen LogP contribution >= 0.6 is 0 Å². The Morgan fingerprint density at radius 2 is 1.90 bits per heavy atom. The maximum Gasteiger partial charge on any atom is 0.148 e. The SMILES string of the molecule is CCCc1nc(NN)c(C)c(NC(CCC)COC)n1. The first kappa shape index (κ1) is 16.7. The molecule has 6 nitrogen and oxygen atoms in total. The molecule has 1 aromatic heterocycles. The number of nitrogens with one attached hydrogen (secondary N) is 2. The molecule has 0 aliphatic carbocycles. The second kappa shape index (κ2) is 8.71. The molecule has 0 radical (unpaired) electrons. The first-order valence-corrected chi connectivity index (χ1v) is 7.25. The molecule has 0 amide bonds. The molecule has 0 aliphatic heterocycles. The minimum atomic E-state index is 0.249. The van der Waals surface area contributed by atoms with Crippen molar-refractivity contribution < 1.29 is 4.74 Å². The van der Waals surface area contributed by atoms with Gasteiger partial charge in [0.15, 0.2) is 0 Å². The van der Waals surface area contributed by atoms with Gasteiger partial charge in [-0.05, 0) is 19.8 Å². The quantitative estimate of drug-likeness (QED) is 0.475. The van der Waals surface area contributed by atoms with Crippen molar-refractivity contribution >= 4 is 11.6 Å². The standard InChI is InChI=1S/C14H27N5O/c1-5-7-11(9-20-4)16-13-10(3)14(19-15)18-12(17-13)8-6-2/h11H,5-9,15H2,1-4H3,(H2,16,17,18,19). The second-order valence-electron chi connectivity index (χ2n) is 4.94. The summed E-state index contributed by atoms with van der Waals surface area (Å²) in [6, 6.07) is 0.249. The van der Waals surface area contributed by atoms with Crippen molar-refractivity contribution in [2.75, 3.05) is 24.5 Å². The molecule has 4 N–H and O–H groups in total. The molecule has 0 saturated carbocycles. The number of nitrogen functional groups attached to an aromatic ring is 1. The molecular formula is C14H27N5O. The zero-order chi connectivity index (χ0) is 15.0. The number of nitrogens with two attached hydrogens (primary N) is 1. The molecule has 20 heavy (non-hydrogen) atoms. The Bertz CT molecular complexity index is 405. The van der Waals surface area contributed by atoms with E-state index in [1.807, 2.05) is 6.92 Å². The predicted molar refractivity (Wildman–Crippen MR) is 82.8 cm³/mol. The molecule has 114 valence electrons. The van der Waals surface area contributed by atoms with E-state index < -0.39 is 0 Å². The number of hydrogen-bond acceptors (Lipinski definition) is 6. The van der Waals surface area contributed by atoms with Crippen LogP contribution in [0.2, 0.25) is 0 Å². The summed E-state index contributed by atoms with van der Waals surface area (Å²) in [6.07, 6.45) is 3.97. The van der Waals surface area contributed by atoms with Gasteiger partial charge in [0.05, 0.1) is 12.6 Å². The maximum atomic E-state index is 5.54. The predicted octanol–water partition coefficient (Wildman–Crippen LogP) is 2.25. The van der Waals surface area contributed by atoms with Crippen molar-refractivity contribution in [1.82, 2.24) is 9.97 Å². The van der Waals surface area contributed by atoms with Gasteiger partial charge in [-0.25, -0.2) is 15.8 Å². The van der Waals surface area contributed by atoms with Crippen LogP contribution in [0.3, 0.4) is 0 Å². The van der Waals surface area contributed by atoms with Gasteiger partial charge in [-0.1, -0.05) is 20.3 Å². The van der Waals surface area contributed by atoms with E-state index in [4.69, 9.17) is 10.6 Å². The number of aromatic nitrogens is 2. The van der Waals surface area contributed by atoms with Gasteiger partial charge >= 0.3 is 0 Å².